The molecular formula is C16H18BrN3O2S. The molecule has 0 atom stereocenters. The van der Waals surface area contributed by atoms with E-state index in [2.05, 4.69) is 32.1 Å². The molecule has 5 nitrogen and oxygen atoms in total. The number of amides is 2. The molecule has 2 rings (SSSR count). The molecule has 7 heteroatoms. The van der Waals surface area contributed by atoms with E-state index in [1.807, 2.05) is 36.6 Å². The molecule has 0 aliphatic heterocycles. The molecule has 1 aromatic heterocycles. The number of benzene rings is 1. The molecule has 0 radical (unpaired) electrons. The van der Waals surface area contributed by atoms with Crippen molar-refractivity contribution in [3.8, 4) is 0 Å². The van der Waals surface area contributed by atoms with Gasteiger partial charge in [0.1, 0.15) is 0 Å². The van der Waals surface area contributed by atoms with Crippen LogP contribution in [0, 0.1) is 6.92 Å². The van der Waals surface area contributed by atoms with Crippen molar-refractivity contribution in [3.63, 3.8) is 0 Å². The lowest BCUT2D eigenvalue weighted by Crippen LogP contribution is -2.30. The van der Waals surface area contributed by atoms with Crippen molar-refractivity contribution in [1.82, 2.24) is 10.7 Å². The second kappa shape index (κ2) is 8.69. The van der Waals surface area contributed by atoms with Gasteiger partial charge in [-0.15, -0.1) is 11.3 Å². The van der Waals surface area contributed by atoms with Gasteiger partial charge in [0, 0.05) is 17.4 Å². The van der Waals surface area contributed by atoms with Crippen LogP contribution in [0.15, 0.2) is 40.2 Å². The van der Waals surface area contributed by atoms with Crippen molar-refractivity contribution < 1.29 is 9.59 Å². The third kappa shape index (κ3) is 5.69. The Bertz CT molecular complexity index is 674. The first kappa shape index (κ1) is 17.5. The van der Waals surface area contributed by atoms with Gasteiger partial charge in [0.15, 0.2) is 0 Å². The second-order valence-corrected chi connectivity index (χ2v) is 6.78. The van der Waals surface area contributed by atoms with Crippen LogP contribution in [0.2, 0.25) is 0 Å². The smallest absolute Gasteiger partial charge is 0.261 e. The number of halogens is 1. The van der Waals surface area contributed by atoms with Crippen molar-refractivity contribution in [1.29, 1.82) is 0 Å². The number of hydrazine groups is 1. The predicted molar refractivity (Wildman–Crippen MR) is 96.5 cm³/mol. The first-order chi connectivity index (χ1) is 11.1. The van der Waals surface area contributed by atoms with Crippen molar-refractivity contribution >= 4 is 44.8 Å². The van der Waals surface area contributed by atoms with E-state index in [1.54, 1.807) is 6.07 Å². The number of anilines is 1. The number of nitrogens with one attached hydrogen (secondary N) is 3. The average Bonchev–Trinajstić information content (AvgIpc) is 3.07. The molecule has 122 valence electrons. The Kier molecular flexibility index (Phi) is 6.61. The lowest BCUT2D eigenvalue weighted by molar-refractivity contribution is -0.120. The van der Waals surface area contributed by atoms with Crippen LogP contribution in [0.5, 0.6) is 0 Å². The molecule has 3 N–H and O–H groups in total. The molecule has 0 spiro atoms. The van der Waals surface area contributed by atoms with Crippen LogP contribution in [-0.4, -0.2) is 18.4 Å². The summed E-state index contributed by atoms with van der Waals surface area (Å²) in [5.41, 5.74) is 7.43. The molecule has 0 unspecified atom stereocenters. The fourth-order valence-corrected chi connectivity index (χ4v) is 2.76. The van der Waals surface area contributed by atoms with E-state index >= 15 is 0 Å². The maximum absolute atomic E-state index is 11.7. The molecule has 0 saturated heterocycles. The minimum absolute atomic E-state index is 0.0936. The largest absolute Gasteiger partial charge is 0.351 e. The van der Waals surface area contributed by atoms with Crippen LogP contribution in [0.4, 0.5) is 5.69 Å². The van der Waals surface area contributed by atoms with Crippen molar-refractivity contribution in [2.24, 2.45) is 0 Å². The van der Waals surface area contributed by atoms with Crippen molar-refractivity contribution in [2.75, 3.05) is 12.0 Å². The van der Waals surface area contributed by atoms with Crippen molar-refractivity contribution in [3.05, 3.63) is 50.6 Å². The van der Waals surface area contributed by atoms with Gasteiger partial charge in [-0.25, -0.2) is 0 Å². The zero-order valence-electron chi connectivity index (χ0n) is 12.7. The summed E-state index contributed by atoms with van der Waals surface area (Å²) in [6.07, 6.45) is 0.928. The summed E-state index contributed by atoms with van der Waals surface area (Å²) in [7, 11) is 0. The van der Waals surface area contributed by atoms with Gasteiger partial charge < -0.3 is 5.32 Å². The number of hydrogen-bond donors (Lipinski definition) is 3. The van der Waals surface area contributed by atoms with Crippen LogP contribution >= 0.6 is 27.3 Å². The normalized spacial score (nSPS) is 10.2. The maximum Gasteiger partial charge on any atom is 0.261 e. The Morgan fingerprint density at radius 3 is 2.78 bits per heavy atom. The topological polar surface area (TPSA) is 70.2 Å². The molecule has 23 heavy (non-hydrogen) atoms. The molecule has 2 aromatic rings. The standard InChI is InChI=1S/C16H18BrN3O2S/c1-11-10-12(6-7-13(11)17)19-20-15(21)5-2-8-18-16(22)14-4-3-9-23-14/h3-4,6-7,9-10,19H,2,5,8H2,1H3,(H,18,22)(H,20,21). The van der Waals surface area contributed by atoms with Gasteiger partial charge in [-0.05, 0) is 48.6 Å². The molecule has 1 aromatic carbocycles. The SMILES string of the molecule is Cc1cc(NNC(=O)CCCNC(=O)c2cccs2)ccc1Br. The number of rotatable bonds is 7. The predicted octanol–water partition coefficient (Wildman–Crippen LogP) is 3.47. The maximum atomic E-state index is 11.7. The average molecular weight is 396 g/mol. The van der Waals surface area contributed by atoms with Gasteiger partial charge in [0.25, 0.3) is 5.91 Å². The molecule has 2 amide bonds. The van der Waals surface area contributed by atoms with Crippen LogP contribution in [-0.2, 0) is 4.79 Å². The fourth-order valence-electron chi connectivity index (χ4n) is 1.87. The lowest BCUT2D eigenvalue weighted by atomic mass is 10.2. The van der Waals surface area contributed by atoms with E-state index < -0.39 is 0 Å². The number of carbonyl (C=O) groups excluding carboxylic acids is 2. The molecule has 0 saturated carbocycles. The minimum Gasteiger partial charge on any atom is -0.351 e. The Hall–Kier alpha value is -1.86. The highest BCUT2D eigenvalue weighted by molar-refractivity contribution is 9.10. The van der Waals surface area contributed by atoms with Crippen molar-refractivity contribution in [2.45, 2.75) is 19.8 Å². The van der Waals surface area contributed by atoms with Gasteiger partial charge >= 0.3 is 0 Å². The highest BCUT2D eigenvalue weighted by atomic mass is 79.9. The molecule has 0 aliphatic carbocycles. The monoisotopic (exact) mass is 395 g/mol. The van der Waals surface area contributed by atoms with Crippen LogP contribution < -0.4 is 16.2 Å². The zero-order valence-corrected chi connectivity index (χ0v) is 15.1. The Morgan fingerprint density at radius 2 is 2.09 bits per heavy atom. The quantitative estimate of drug-likeness (QED) is 0.496. The van der Waals surface area contributed by atoms with E-state index in [4.69, 9.17) is 0 Å². The highest BCUT2D eigenvalue weighted by Crippen LogP contribution is 2.19. The summed E-state index contributed by atoms with van der Waals surface area (Å²) in [5.74, 6) is -0.209. The number of hydrogen-bond acceptors (Lipinski definition) is 4. The minimum atomic E-state index is -0.115. The lowest BCUT2D eigenvalue weighted by Gasteiger charge is -2.10. The van der Waals surface area contributed by atoms with E-state index in [1.165, 1.54) is 11.3 Å². The second-order valence-electron chi connectivity index (χ2n) is 4.97. The molecule has 0 bridgehead atoms. The fraction of sp³-hybridized carbons (Fsp3) is 0.250. The summed E-state index contributed by atoms with van der Waals surface area (Å²) in [5, 5.41) is 4.65. The van der Waals surface area contributed by atoms with E-state index in [9.17, 15) is 9.59 Å². The van der Waals surface area contributed by atoms with Crippen LogP contribution in [0.1, 0.15) is 28.1 Å². The zero-order chi connectivity index (χ0) is 16.7. The third-order valence-electron chi connectivity index (χ3n) is 3.12. The Balaban J connectivity index is 1.63. The highest BCUT2D eigenvalue weighted by Gasteiger charge is 2.06. The number of carbonyl (C=O) groups is 2. The van der Waals surface area contributed by atoms with Gasteiger partial charge in [0.2, 0.25) is 5.91 Å². The van der Waals surface area contributed by atoms with E-state index in [-0.39, 0.29) is 11.8 Å². The van der Waals surface area contributed by atoms with E-state index in [0.717, 1.165) is 15.7 Å². The first-order valence-corrected chi connectivity index (χ1v) is 8.86. The Morgan fingerprint density at radius 1 is 1.26 bits per heavy atom. The number of thiophene rings is 1. The third-order valence-corrected chi connectivity index (χ3v) is 4.87. The van der Waals surface area contributed by atoms with Gasteiger partial charge in [-0.2, -0.15) is 0 Å². The van der Waals surface area contributed by atoms with Gasteiger partial charge in [-0.3, -0.25) is 20.4 Å². The summed E-state index contributed by atoms with van der Waals surface area (Å²) in [4.78, 5) is 24.1. The van der Waals surface area contributed by atoms with Crippen LogP contribution in [0.25, 0.3) is 0 Å². The summed E-state index contributed by atoms with van der Waals surface area (Å²) in [6.45, 7) is 2.45. The van der Waals surface area contributed by atoms with Gasteiger partial charge in [0.05, 0.1) is 10.6 Å². The molecule has 0 fully saturated rings. The van der Waals surface area contributed by atoms with E-state index in [0.29, 0.717) is 24.3 Å². The molecule has 1 heterocycles. The Labute approximate surface area is 147 Å². The molecule has 0 aliphatic rings. The summed E-state index contributed by atoms with van der Waals surface area (Å²) in [6, 6.07) is 9.34. The summed E-state index contributed by atoms with van der Waals surface area (Å²) >= 11 is 4.83. The number of aryl methyl sites for hydroxylation is 1. The summed E-state index contributed by atoms with van der Waals surface area (Å²) < 4.78 is 1.02. The first-order valence-electron chi connectivity index (χ1n) is 7.19. The van der Waals surface area contributed by atoms with Gasteiger partial charge in [-0.1, -0.05) is 22.0 Å². The van der Waals surface area contributed by atoms with Crippen LogP contribution in [0.3, 0.4) is 0 Å². The molecular weight excluding hydrogens is 378 g/mol.